The number of nitrogens with zero attached hydrogens (tertiary/aromatic N) is 3. The summed E-state index contributed by atoms with van der Waals surface area (Å²) in [7, 11) is 0. The zero-order valence-corrected chi connectivity index (χ0v) is 13.9. The average molecular weight is 333 g/mol. The molecule has 2 fully saturated rings. The molecule has 24 heavy (non-hydrogen) atoms. The van der Waals surface area contributed by atoms with Crippen molar-refractivity contribution in [3.8, 4) is 0 Å². The maximum absolute atomic E-state index is 12.7. The first kappa shape index (κ1) is 16.7. The summed E-state index contributed by atoms with van der Waals surface area (Å²) in [6.45, 7) is 8.32. The largest absolute Gasteiger partial charge is 0.481 e. The Morgan fingerprint density at radius 2 is 2.33 bits per heavy atom. The lowest BCUT2D eigenvalue weighted by Gasteiger charge is -2.29. The van der Waals surface area contributed by atoms with Crippen molar-refractivity contribution in [1.82, 2.24) is 15.0 Å². The summed E-state index contributed by atoms with van der Waals surface area (Å²) in [4.78, 5) is 28.5. The minimum atomic E-state index is -0.780. The number of rotatable bonds is 4. The molecule has 0 spiro atoms. The number of aryl methyl sites for hydroxylation is 1. The van der Waals surface area contributed by atoms with Gasteiger partial charge in [0, 0.05) is 44.7 Å². The fourth-order valence-electron chi connectivity index (χ4n) is 4.02. The van der Waals surface area contributed by atoms with Crippen LogP contribution < -0.4 is 0 Å². The van der Waals surface area contributed by atoms with Crippen molar-refractivity contribution in [1.29, 1.82) is 0 Å². The smallest absolute Gasteiger partial charge is 0.311 e. The van der Waals surface area contributed by atoms with Crippen LogP contribution in [-0.4, -0.2) is 64.7 Å². The predicted molar refractivity (Wildman–Crippen MR) is 86.6 cm³/mol. The van der Waals surface area contributed by atoms with Crippen LogP contribution in [0.5, 0.6) is 0 Å². The lowest BCUT2D eigenvalue weighted by atomic mass is 9.75. The second-order valence-electron chi connectivity index (χ2n) is 6.82. The van der Waals surface area contributed by atoms with E-state index in [0.29, 0.717) is 51.3 Å². The Labute approximate surface area is 140 Å². The molecule has 1 aromatic heterocycles. The zero-order chi connectivity index (χ0) is 17.3. The second-order valence-corrected chi connectivity index (χ2v) is 6.82. The summed E-state index contributed by atoms with van der Waals surface area (Å²) in [5, 5.41) is 13.7. The SMILES string of the molecule is C=CCN1C[C@H]2CN(C(=O)c3cc(C)on3)CCC[C@@]2(C(=O)O)C1. The van der Waals surface area contributed by atoms with E-state index in [2.05, 4.69) is 16.6 Å². The van der Waals surface area contributed by atoms with Crippen LogP contribution in [0.2, 0.25) is 0 Å². The summed E-state index contributed by atoms with van der Waals surface area (Å²) in [6.07, 6.45) is 3.05. The lowest BCUT2D eigenvalue weighted by Crippen LogP contribution is -2.42. The zero-order valence-electron chi connectivity index (χ0n) is 13.9. The lowest BCUT2D eigenvalue weighted by molar-refractivity contribution is -0.150. The summed E-state index contributed by atoms with van der Waals surface area (Å²) in [6, 6.07) is 1.62. The molecule has 1 amide bonds. The third-order valence-electron chi connectivity index (χ3n) is 5.21. The van der Waals surface area contributed by atoms with Gasteiger partial charge in [0.05, 0.1) is 5.41 Å². The Kier molecular flexibility index (Phi) is 4.45. The number of carboxylic acid groups (broad SMARTS) is 1. The number of amides is 1. The summed E-state index contributed by atoms with van der Waals surface area (Å²) < 4.78 is 4.99. The van der Waals surface area contributed by atoms with Crippen LogP contribution >= 0.6 is 0 Å². The highest BCUT2D eigenvalue weighted by Crippen LogP contribution is 2.43. The third-order valence-corrected chi connectivity index (χ3v) is 5.21. The van der Waals surface area contributed by atoms with E-state index in [-0.39, 0.29) is 17.5 Å². The molecule has 0 aromatic carbocycles. The van der Waals surface area contributed by atoms with Crippen molar-refractivity contribution in [2.45, 2.75) is 19.8 Å². The van der Waals surface area contributed by atoms with E-state index < -0.39 is 11.4 Å². The van der Waals surface area contributed by atoms with Crippen LogP contribution in [0, 0.1) is 18.3 Å². The van der Waals surface area contributed by atoms with Gasteiger partial charge in [-0.05, 0) is 19.8 Å². The molecular formula is C17H23N3O4. The molecule has 7 heteroatoms. The highest BCUT2D eigenvalue weighted by molar-refractivity contribution is 5.92. The monoisotopic (exact) mass is 333 g/mol. The fraction of sp³-hybridized carbons (Fsp3) is 0.588. The van der Waals surface area contributed by atoms with Gasteiger partial charge in [-0.15, -0.1) is 6.58 Å². The number of fused-ring (bicyclic) bond motifs is 1. The number of hydrogen-bond acceptors (Lipinski definition) is 5. The average Bonchev–Trinajstić information content (AvgIpc) is 3.06. The van der Waals surface area contributed by atoms with Gasteiger partial charge in [-0.1, -0.05) is 11.2 Å². The number of hydrogen-bond donors (Lipinski definition) is 1. The van der Waals surface area contributed by atoms with E-state index in [1.54, 1.807) is 24.0 Å². The van der Waals surface area contributed by atoms with E-state index in [0.717, 1.165) is 0 Å². The molecule has 0 bridgehead atoms. The molecule has 3 heterocycles. The summed E-state index contributed by atoms with van der Waals surface area (Å²) in [5.41, 5.74) is -0.492. The van der Waals surface area contributed by atoms with Gasteiger partial charge in [0.1, 0.15) is 5.76 Å². The van der Waals surface area contributed by atoms with E-state index in [4.69, 9.17) is 4.52 Å². The van der Waals surface area contributed by atoms with Crippen LogP contribution in [0.25, 0.3) is 0 Å². The van der Waals surface area contributed by atoms with E-state index >= 15 is 0 Å². The van der Waals surface area contributed by atoms with Crippen molar-refractivity contribution < 1.29 is 19.2 Å². The maximum Gasteiger partial charge on any atom is 0.311 e. The molecule has 1 N–H and O–H groups in total. The molecule has 3 rings (SSSR count). The Balaban J connectivity index is 1.82. The van der Waals surface area contributed by atoms with Crippen LogP contribution in [0.1, 0.15) is 29.1 Å². The van der Waals surface area contributed by atoms with Crippen molar-refractivity contribution in [2.75, 3.05) is 32.7 Å². The molecule has 0 radical (unpaired) electrons. The number of carbonyl (C=O) groups excluding carboxylic acids is 1. The minimum absolute atomic E-state index is 0.0885. The highest BCUT2D eigenvalue weighted by Gasteiger charge is 2.53. The topological polar surface area (TPSA) is 86.9 Å². The highest BCUT2D eigenvalue weighted by atomic mass is 16.5. The number of aliphatic carboxylic acids is 1. The molecule has 1 aromatic rings. The van der Waals surface area contributed by atoms with Gasteiger partial charge in [-0.2, -0.15) is 0 Å². The Morgan fingerprint density at radius 1 is 1.54 bits per heavy atom. The number of aromatic nitrogens is 1. The van der Waals surface area contributed by atoms with Gasteiger partial charge >= 0.3 is 5.97 Å². The van der Waals surface area contributed by atoms with Crippen LogP contribution in [0.15, 0.2) is 23.2 Å². The quantitative estimate of drug-likeness (QED) is 0.838. The molecule has 0 aliphatic carbocycles. The van der Waals surface area contributed by atoms with Crippen molar-refractivity contribution in [3.63, 3.8) is 0 Å². The molecule has 7 nitrogen and oxygen atoms in total. The summed E-state index contributed by atoms with van der Waals surface area (Å²) >= 11 is 0. The normalized spacial score (nSPS) is 27.5. The van der Waals surface area contributed by atoms with E-state index in [1.165, 1.54) is 0 Å². The van der Waals surface area contributed by atoms with E-state index in [1.807, 2.05) is 0 Å². The predicted octanol–water partition coefficient (Wildman–Crippen LogP) is 1.41. The fourth-order valence-corrected chi connectivity index (χ4v) is 4.02. The van der Waals surface area contributed by atoms with Crippen LogP contribution in [0.3, 0.4) is 0 Å². The first-order valence-electron chi connectivity index (χ1n) is 8.25. The Hall–Kier alpha value is -2.15. The van der Waals surface area contributed by atoms with Gasteiger partial charge in [-0.3, -0.25) is 14.5 Å². The third kappa shape index (κ3) is 2.84. The second kappa shape index (κ2) is 6.39. The first-order chi connectivity index (χ1) is 11.5. The molecule has 2 saturated heterocycles. The van der Waals surface area contributed by atoms with Gasteiger partial charge in [0.2, 0.25) is 0 Å². The summed E-state index contributed by atoms with van der Waals surface area (Å²) in [5.74, 6) is -0.443. The van der Waals surface area contributed by atoms with Gasteiger partial charge in [0.25, 0.3) is 5.91 Å². The standard InChI is InChI=1S/C17H23N3O4/c1-3-6-19-9-13-10-20(15(21)14-8-12(2)24-18-14)7-4-5-17(13,11-19)16(22)23/h3,8,13H,1,4-7,9-11H2,2H3,(H,22,23)/t13-,17+/m0/s1. The van der Waals surface area contributed by atoms with E-state index in [9.17, 15) is 14.7 Å². The molecule has 2 aliphatic rings. The van der Waals surface area contributed by atoms with Crippen LogP contribution in [0.4, 0.5) is 0 Å². The van der Waals surface area contributed by atoms with Gasteiger partial charge in [-0.25, -0.2) is 0 Å². The molecule has 130 valence electrons. The van der Waals surface area contributed by atoms with Crippen molar-refractivity contribution in [3.05, 3.63) is 30.2 Å². The number of carbonyl (C=O) groups is 2. The Bertz CT molecular complexity index is 656. The minimum Gasteiger partial charge on any atom is -0.481 e. The van der Waals surface area contributed by atoms with Gasteiger partial charge in [0.15, 0.2) is 5.69 Å². The van der Waals surface area contributed by atoms with Crippen molar-refractivity contribution >= 4 is 11.9 Å². The first-order valence-corrected chi connectivity index (χ1v) is 8.25. The molecule has 2 aliphatic heterocycles. The molecule has 0 saturated carbocycles. The maximum atomic E-state index is 12.7. The van der Waals surface area contributed by atoms with Crippen LogP contribution in [-0.2, 0) is 4.79 Å². The molecular weight excluding hydrogens is 310 g/mol. The van der Waals surface area contributed by atoms with Gasteiger partial charge < -0.3 is 14.5 Å². The number of likely N-dealkylation sites (tertiary alicyclic amines) is 2. The van der Waals surface area contributed by atoms with Crippen molar-refractivity contribution in [2.24, 2.45) is 11.3 Å². The molecule has 0 unspecified atom stereocenters. The Morgan fingerprint density at radius 3 is 2.96 bits per heavy atom. The number of carboxylic acids is 1. The molecule has 2 atom stereocenters.